The molecule has 0 bridgehead atoms. The number of nitrogens with zero attached hydrogens (tertiary/aromatic N) is 1. The van der Waals surface area contributed by atoms with E-state index in [1.54, 1.807) is 6.08 Å². The second-order valence-corrected chi connectivity index (χ2v) is 10.0. The van der Waals surface area contributed by atoms with E-state index in [0.717, 1.165) is 30.5 Å². The predicted molar refractivity (Wildman–Crippen MR) is 127 cm³/mol. The molecular formula is C28H37NO2. The van der Waals surface area contributed by atoms with Crippen molar-refractivity contribution in [2.75, 3.05) is 0 Å². The predicted octanol–water partition coefficient (Wildman–Crippen LogP) is 5.89. The molecule has 31 heavy (non-hydrogen) atoms. The van der Waals surface area contributed by atoms with Gasteiger partial charge in [-0.2, -0.15) is 0 Å². The molecule has 1 saturated heterocycles. The van der Waals surface area contributed by atoms with Crippen LogP contribution in [0.1, 0.15) is 62.8 Å². The Hall–Kier alpha value is -1.94. The molecule has 0 spiro atoms. The zero-order chi connectivity index (χ0) is 22.0. The van der Waals surface area contributed by atoms with Crippen LogP contribution >= 0.6 is 0 Å². The van der Waals surface area contributed by atoms with Gasteiger partial charge in [-0.1, -0.05) is 74.0 Å². The SMILES string of the molecule is C=C[C@H](O)c1ccccc1C[C@@H]1O[C@@H]2C[C@H](C)CC[C@H]2C(C)(C)N1Cc1ccccc1. The normalized spacial score (nSPS) is 29.2. The lowest BCUT2D eigenvalue weighted by atomic mass is 9.69. The van der Waals surface area contributed by atoms with Crippen LogP contribution < -0.4 is 0 Å². The van der Waals surface area contributed by atoms with Crippen LogP contribution in [0.5, 0.6) is 0 Å². The number of ether oxygens (including phenoxy) is 1. The molecule has 1 aliphatic carbocycles. The van der Waals surface area contributed by atoms with Gasteiger partial charge in [0.15, 0.2) is 0 Å². The maximum Gasteiger partial charge on any atom is 0.115 e. The molecule has 0 radical (unpaired) electrons. The highest BCUT2D eigenvalue weighted by molar-refractivity contribution is 5.32. The summed E-state index contributed by atoms with van der Waals surface area (Å²) in [7, 11) is 0. The number of aliphatic hydroxyl groups excluding tert-OH is 1. The van der Waals surface area contributed by atoms with Gasteiger partial charge in [-0.25, -0.2) is 0 Å². The summed E-state index contributed by atoms with van der Waals surface area (Å²) in [6, 6.07) is 18.9. The molecule has 166 valence electrons. The molecule has 2 aromatic rings. The van der Waals surface area contributed by atoms with E-state index in [1.807, 2.05) is 12.1 Å². The first-order valence-electron chi connectivity index (χ1n) is 11.7. The zero-order valence-electron chi connectivity index (χ0n) is 19.2. The fraction of sp³-hybridized carbons (Fsp3) is 0.500. The Morgan fingerprint density at radius 1 is 1.13 bits per heavy atom. The quantitative estimate of drug-likeness (QED) is 0.593. The molecule has 1 aliphatic heterocycles. The van der Waals surface area contributed by atoms with Gasteiger partial charge < -0.3 is 9.84 Å². The molecule has 0 amide bonds. The largest absolute Gasteiger partial charge is 0.384 e. The second-order valence-electron chi connectivity index (χ2n) is 10.0. The van der Waals surface area contributed by atoms with E-state index in [4.69, 9.17) is 4.74 Å². The molecular weight excluding hydrogens is 382 g/mol. The maximum absolute atomic E-state index is 10.5. The molecule has 4 rings (SSSR count). The van der Waals surface area contributed by atoms with Crippen LogP contribution in [-0.2, 0) is 17.7 Å². The van der Waals surface area contributed by atoms with Crippen LogP contribution in [-0.4, -0.2) is 27.9 Å². The van der Waals surface area contributed by atoms with Crippen LogP contribution in [0, 0.1) is 11.8 Å². The summed E-state index contributed by atoms with van der Waals surface area (Å²) in [5, 5.41) is 10.5. The van der Waals surface area contributed by atoms with E-state index in [9.17, 15) is 5.11 Å². The number of hydrogen-bond donors (Lipinski definition) is 1. The Labute approximate surface area is 187 Å². The average molecular weight is 420 g/mol. The standard InChI is InChI=1S/C28H37NO2/c1-5-25(30)23-14-10-9-13-22(23)18-27-29(19-21-11-7-6-8-12-21)28(3,4)24-16-15-20(2)17-26(24)31-27/h5-14,20,24-27,30H,1,15-19H2,2-4H3/t20-,24-,25+,26-,27+/m1/s1. The van der Waals surface area contributed by atoms with Crippen molar-refractivity contribution in [2.45, 2.75) is 77.0 Å². The van der Waals surface area contributed by atoms with Crippen molar-refractivity contribution in [3.63, 3.8) is 0 Å². The third-order valence-corrected chi connectivity index (χ3v) is 7.57. The number of fused-ring (bicyclic) bond motifs is 1. The third kappa shape index (κ3) is 4.64. The lowest BCUT2D eigenvalue weighted by molar-refractivity contribution is -0.236. The van der Waals surface area contributed by atoms with Gasteiger partial charge in [0.05, 0.1) is 12.2 Å². The van der Waals surface area contributed by atoms with Gasteiger partial charge in [0.25, 0.3) is 0 Å². The van der Waals surface area contributed by atoms with E-state index in [2.05, 4.69) is 74.7 Å². The number of benzene rings is 2. The van der Waals surface area contributed by atoms with E-state index in [1.165, 1.54) is 18.4 Å². The van der Waals surface area contributed by atoms with Gasteiger partial charge in [0, 0.05) is 24.4 Å². The number of aliphatic hydroxyl groups is 1. The van der Waals surface area contributed by atoms with Crippen LogP contribution in [0.3, 0.4) is 0 Å². The Kier molecular flexibility index (Phi) is 6.66. The third-order valence-electron chi connectivity index (χ3n) is 7.57. The fourth-order valence-corrected chi connectivity index (χ4v) is 5.71. The first-order valence-corrected chi connectivity index (χ1v) is 11.7. The second kappa shape index (κ2) is 9.28. The van der Waals surface area contributed by atoms with Gasteiger partial charge in [0.2, 0.25) is 0 Å². The summed E-state index contributed by atoms with van der Waals surface area (Å²) in [5.41, 5.74) is 3.41. The molecule has 3 nitrogen and oxygen atoms in total. The number of hydrogen-bond acceptors (Lipinski definition) is 3. The molecule has 5 atom stereocenters. The van der Waals surface area contributed by atoms with Crippen molar-refractivity contribution >= 4 is 0 Å². The van der Waals surface area contributed by atoms with Crippen LogP contribution in [0.4, 0.5) is 0 Å². The topological polar surface area (TPSA) is 32.7 Å². The number of rotatable bonds is 6. The maximum atomic E-state index is 10.5. The minimum atomic E-state index is -0.655. The molecule has 2 aromatic carbocycles. The van der Waals surface area contributed by atoms with E-state index < -0.39 is 6.10 Å². The summed E-state index contributed by atoms with van der Waals surface area (Å²) < 4.78 is 6.87. The summed E-state index contributed by atoms with van der Waals surface area (Å²) in [4.78, 5) is 2.57. The zero-order valence-corrected chi connectivity index (χ0v) is 19.2. The lowest BCUT2D eigenvalue weighted by Gasteiger charge is -2.57. The van der Waals surface area contributed by atoms with Gasteiger partial charge in [-0.05, 0) is 49.3 Å². The van der Waals surface area contributed by atoms with Crippen molar-refractivity contribution < 1.29 is 9.84 Å². The lowest BCUT2D eigenvalue weighted by Crippen LogP contribution is -2.64. The minimum Gasteiger partial charge on any atom is -0.384 e. The summed E-state index contributed by atoms with van der Waals surface area (Å²) in [6.07, 6.45) is 5.63. The smallest absolute Gasteiger partial charge is 0.115 e. The summed E-state index contributed by atoms with van der Waals surface area (Å²) >= 11 is 0. The molecule has 1 N–H and O–H groups in total. The van der Waals surface area contributed by atoms with Crippen LogP contribution in [0.25, 0.3) is 0 Å². The molecule has 3 heteroatoms. The Bertz CT molecular complexity index is 878. The van der Waals surface area contributed by atoms with Crippen molar-refractivity contribution in [3.8, 4) is 0 Å². The Morgan fingerprint density at radius 2 is 1.84 bits per heavy atom. The van der Waals surface area contributed by atoms with E-state index >= 15 is 0 Å². The highest BCUT2D eigenvalue weighted by Gasteiger charge is 2.50. The molecule has 0 unspecified atom stereocenters. The fourth-order valence-electron chi connectivity index (χ4n) is 5.71. The highest BCUT2D eigenvalue weighted by atomic mass is 16.5. The molecule has 2 fully saturated rings. The van der Waals surface area contributed by atoms with Gasteiger partial charge in [0.1, 0.15) is 6.23 Å². The van der Waals surface area contributed by atoms with Gasteiger partial charge in [-0.3, -0.25) is 4.90 Å². The minimum absolute atomic E-state index is 0.0279. The molecule has 1 saturated carbocycles. The Balaban J connectivity index is 1.68. The Morgan fingerprint density at radius 3 is 2.58 bits per heavy atom. The first kappa shape index (κ1) is 22.3. The van der Waals surface area contributed by atoms with Gasteiger partial charge >= 0.3 is 0 Å². The summed E-state index contributed by atoms with van der Waals surface area (Å²) in [6.45, 7) is 11.8. The van der Waals surface area contributed by atoms with Gasteiger partial charge in [-0.15, -0.1) is 6.58 Å². The average Bonchev–Trinajstić information content (AvgIpc) is 2.76. The summed E-state index contributed by atoms with van der Waals surface area (Å²) in [5.74, 6) is 1.26. The van der Waals surface area contributed by atoms with Crippen molar-refractivity contribution in [1.29, 1.82) is 0 Å². The van der Waals surface area contributed by atoms with Crippen LogP contribution in [0.15, 0.2) is 67.3 Å². The van der Waals surface area contributed by atoms with Crippen molar-refractivity contribution in [3.05, 3.63) is 83.9 Å². The van der Waals surface area contributed by atoms with E-state index in [-0.39, 0.29) is 11.8 Å². The highest BCUT2D eigenvalue weighted by Crippen LogP contribution is 2.46. The van der Waals surface area contributed by atoms with Crippen molar-refractivity contribution in [1.82, 2.24) is 4.90 Å². The molecule has 2 aliphatic rings. The molecule has 0 aromatic heterocycles. The monoisotopic (exact) mass is 419 g/mol. The van der Waals surface area contributed by atoms with E-state index in [0.29, 0.717) is 17.9 Å². The molecule has 1 heterocycles. The first-order chi connectivity index (χ1) is 14.9. The van der Waals surface area contributed by atoms with Crippen LogP contribution in [0.2, 0.25) is 0 Å². The van der Waals surface area contributed by atoms with Crippen molar-refractivity contribution in [2.24, 2.45) is 11.8 Å².